The smallest absolute Gasteiger partial charge is 0.243 e. The zero-order valence-electron chi connectivity index (χ0n) is 18.4. The van der Waals surface area contributed by atoms with Crippen molar-refractivity contribution in [1.29, 1.82) is 0 Å². The zero-order chi connectivity index (χ0) is 22.8. The molecule has 32 heavy (non-hydrogen) atoms. The summed E-state index contributed by atoms with van der Waals surface area (Å²) in [5, 5.41) is 3.73. The van der Waals surface area contributed by atoms with Gasteiger partial charge in [0.15, 0.2) is 0 Å². The Morgan fingerprint density at radius 1 is 1.25 bits per heavy atom. The molecule has 1 N–H and O–H groups in total. The first-order valence-corrected chi connectivity index (χ1v) is 11.4. The van der Waals surface area contributed by atoms with E-state index in [-0.39, 0.29) is 24.3 Å². The van der Waals surface area contributed by atoms with E-state index in [9.17, 15) is 14.0 Å². The number of hydrogen-bond acceptors (Lipinski definition) is 6. The summed E-state index contributed by atoms with van der Waals surface area (Å²) < 4.78 is 13.3. The van der Waals surface area contributed by atoms with Crippen LogP contribution in [0.1, 0.15) is 23.3 Å². The molecule has 0 saturated carbocycles. The normalized spacial score (nSPS) is 14.6. The van der Waals surface area contributed by atoms with E-state index in [1.807, 2.05) is 0 Å². The maximum Gasteiger partial charge on any atom is 0.243 e. The van der Waals surface area contributed by atoms with E-state index in [4.69, 9.17) is 0 Å². The van der Waals surface area contributed by atoms with Gasteiger partial charge in [0.05, 0.1) is 11.9 Å². The summed E-state index contributed by atoms with van der Waals surface area (Å²) >= 11 is 1.68. The topological polar surface area (TPSA) is 78.4 Å². The molecule has 0 radical (unpaired) electrons. The third kappa shape index (κ3) is 4.57. The summed E-state index contributed by atoms with van der Waals surface area (Å²) in [4.78, 5) is 40.0. The van der Waals surface area contributed by atoms with Gasteiger partial charge in [-0.25, -0.2) is 14.4 Å². The van der Waals surface area contributed by atoms with E-state index < -0.39 is 5.82 Å². The number of nitrogens with zero attached hydrogens (tertiary/aromatic N) is 4. The van der Waals surface area contributed by atoms with Crippen LogP contribution in [0.25, 0.3) is 10.2 Å². The van der Waals surface area contributed by atoms with E-state index in [0.29, 0.717) is 18.5 Å². The highest BCUT2D eigenvalue weighted by Gasteiger charge is 2.29. The molecule has 0 atom stereocenters. The summed E-state index contributed by atoms with van der Waals surface area (Å²) in [6.45, 7) is 5.56. The predicted octanol–water partition coefficient (Wildman–Crippen LogP) is 3.76. The third-order valence-electron chi connectivity index (χ3n) is 5.95. The Morgan fingerprint density at radius 3 is 2.72 bits per heavy atom. The van der Waals surface area contributed by atoms with Gasteiger partial charge in [-0.05, 0) is 50.5 Å². The minimum Gasteiger partial charge on any atom is -0.356 e. The molecule has 168 valence electrons. The fourth-order valence-corrected chi connectivity index (χ4v) is 5.11. The average molecular weight is 456 g/mol. The highest BCUT2D eigenvalue weighted by molar-refractivity contribution is 7.18. The molecule has 0 unspecified atom stereocenters. The lowest BCUT2D eigenvalue weighted by atomic mass is 9.95. The Balaban J connectivity index is 1.35. The van der Waals surface area contributed by atoms with Gasteiger partial charge in [0.25, 0.3) is 0 Å². The SMILES string of the molecule is Cc1sc2ncnc(N3CCC(C(=O)N(C)CC(=O)Nc4cccc(F)c4)CC3)c2c1C. The highest BCUT2D eigenvalue weighted by atomic mass is 32.1. The molecule has 9 heteroatoms. The summed E-state index contributed by atoms with van der Waals surface area (Å²) in [6, 6.07) is 5.69. The first kappa shape index (κ1) is 22.1. The Bertz CT molecular complexity index is 1160. The molecule has 2 aromatic heterocycles. The quantitative estimate of drug-likeness (QED) is 0.634. The molecule has 0 spiro atoms. The van der Waals surface area contributed by atoms with Gasteiger partial charge < -0.3 is 15.1 Å². The third-order valence-corrected chi connectivity index (χ3v) is 7.07. The van der Waals surface area contributed by atoms with Crippen molar-refractivity contribution in [3.05, 3.63) is 46.9 Å². The fraction of sp³-hybridized carbons (Fsp3) is 0.391. The molecule has 1 aromatic carbocycles. The van der Waals surface area contributed by atoms with Crippen LogP contribution in [0.2, 0.25) is 0 Å². The van der Waals surface area contributed by atoms with Crippen LogP contribution in [0.5, 0.6) is 0 Å². The molecule has 1 saturated heterocycles. The van der Waals surface area contributed by atoms with Gasteiger partial charge in [-0.2, -0.15) is 0 Å². The number of halogens is 1. The number of likely N-dealkylation sites (N-methyl/N-ethyl adjacent to an activating group) is 1. The average Bonchev–Trinajstić information content (AvgIpc) is 3.07. The molecule has 4 rings (SSSR count). The van der Waals surface area contributed by atoms with Crippen LogP contribution in [-0.2, 0) is 9.59 Å². The molecule has 2 amide bonds. The molecule has 1 fully saturated rings. The molecule has 0 bridgehead atoms. The lowest BCUT2D eigenvalue weighted by Crippen LogP contribution is -2.43. The van der Waals surface area contributed by atoms with Crippen LogP contribution in [0.4, 0.5) is 15.9 Å². The zero-order valence-corrected chi connectivity index (χ0v) is 19.2. The van der Waals surface area contributed by atoms with Crippen molar-refractivity contribution in [3.63, 3.8) is 0 Å². The van der Waals surface area contributed by atoms with Crippen molar-refractivity contribution in [2.24, 2.45) is 5.92 Å². The van der Waals surface area contributed by atoms with E-state index in [0.717, 1.165) is 29.1 Å². The number of thiophene rings is 1. The van der Waals surface area contributed by atoms with Crippen LogP contribution in [-0.4, -0.2) is 53.4 Å². The second kappa shape index (κ2) is 9.20. The maximum atomic E-state index is 13.3. The number of aromatic nitrogens is 2. The molecule has 1 aliphatic rings. The van der Waals surface area contributed by atoms with Crippen LogP contribution < -0.4 is 10.2 Å². The second-order valence-corrected chi connectivity index (χ2v) is 9.38. The number of fused-ring (bicyclic) bond motifs is 1. The number of nitrogens with one attached hydrogen (secondary N) is 1. The lowest BCUT2D eigenvalue weighted by Gasteiger charge is -2.34. The molecular weight excluding hydrogens is 429 g/mol. The number of carbonyl (C=O) groups is 2. The highest BCUT2D eigenvalue weighted by Crippen LogP contribution is 2.35. The van der Waals surface area contributed by atoms with Gasteiger partial charge in [0.1, 0.15) is 22.8 Å². The number of piperidine rings is 1. The van der Waals surface area contributed by atoms with Gasteiger partial charge in [-0.1, -0.05) is 6.07 Å². The summed E-state index contributed by atoms with van der Waals surface area (Å²) in [6.07, 6.45) is 3.00. The number of amides is 2. The van der Waals surface area contributed by atoms with Crippen molar-refractivity contribution in [3.8, 4) is 0 Å². The number of hydrogen-bond donors (Lipinski definition) is 1. The first-order valence-electron chi connectivity index (χ1n) is 10.6. The summed E-state index contributed by atoms with van der Waals surface area (Å²) in [5.74, 6) is -0.0239. The molecule has 3 aromatic rings. The fourth-order valence-electron chi connectivity index (χ4n) is 4.11. The van der Waals surface area contributed by atoms with Crippen molar-refractivity contribution in [2.75, 3.05) is 36.9 Å². The molecule has 0 aliphatic carbocycles. The number of carbonyl (C=O) groups excluding carboxylic acids is 2. The Kier molecular flexibility index (Phi) is 6.36. The van der Waals surface area contributed by atoms with Crippen LogP contribution in [0.15, 0.2) is 30.6 Å². The van der Waals surface area contributed by atoms with Crippen molar-refractivity contribution in [2.45, 2.75) is 26.7 Å². The van der Waals surface area contributed by atoms with Gasteiger partial charge >= 0.3 is 0 Å². The Hall–Kier alpha value is -3.07. The van der Waals surface area contributed by atoms with E-state index in [1.54, 1.807) is 30.8 Å². The van der Waals surface area contributed by atoms with Crippen molar-refractivity contribution < 1.29 is 14.0 Å². The van der Waals surface area contributed by atoms with E-state index in [2.05, 4.69) is 34.0 Å². The summed E-state index contributed by atoms with van der Waals surface area (Å²) in [5.41, 5.74) is 1.59. The Morgan fingerprint density at radius 2 is 2.00 bits per heavy atom. The van der Waals surface area contributed by atoms with Crippen LogP contribution in [0.3, 0.4) is 0 Å². The Labute approximate surface area is 190 Å². The number of aryl methyl sites for hydroxylation is 2. The second-order valence-electron chi connectivity index (χ2n) is 8.17. The molecule has 3 heterocycles. The maximum absolute atomic E-state index is 13.3. The standard InChI is InChI=1S/C23H26FN5O2S/c1-14-15(2)32-22-20(14)21(25-13-26-22)29-9-7-16(8-10-29)23(31)28(3)12-19(30)27-18-6-4-5-17(24)11-18/h4-6,11,13,16H,7-10,12H2,1-3H3,(H,27,30). The van der Waals surface area contributed by atoms with Gasteiger partial charge in [0, 0.05) is 36.6 Å². The van der Waals surface area contributed by atoms with Crippen LogP contribution in [0, 0.1) is 25.6 Å². The predicted molar refractivity (Wildman–Crippen MR) is 124 cm³/mol. The molecule has 1 aliphatic heterocycles. The van der Waals surface area contributed by atoms with Gasteiger partial charge in [0.2, 0.25) is 11.8 Å². The van der Waals surface area contributed by atoms with Gasteiger partial charge in [-0.15, -0.1) is 11.3 Å². The summed E-state index contributed by atoms with van der Waals surface area (Å²) in [7, 11) is 1.63. The van der Waals surface area contributed by atoms with E-state index in [1.165, 1.54) is 33.5 Å². The molecular formula is C23H26FN5O2S. The lowest BCUT2D eigenvalue weighted by molar-refractivity contribution is -0.137. The largest absolute Gasteiger partial charge is 0.356 e. The number of anilines is 2. The van der Waals surface area contributed by atoms with Crippen molar-refractivity contribution in [1.82, 2.24) is 14.9 Å². The number of rotatable bonds is 5. The number of benzene rings is 1. The minimum absolute atomic E-state index is 0.0468. The minimum atomic E-state index is -0.423. The monoisotopic (exact) mass is 455 g/mol. The van der Waals surface area contributed by atoms with Crippen molar-refractivity contribution >= 4 is 44.9 Å². The van der Waals surface area contributed by atoms with E-state index >= 15 is 0 Å². The molecule has 7 nitrogen and oxygen atoms in total. The van der Waals surface area contributed by atoms with Gasteiger partial charge in [-0.3, -0.25) is 9.59 Å². The van der Waals surface area contributed by atoms with Crippen LogP contribution >= 0.6 is 11.3 Å². The first-order chi connectivity index (χ1) is 15.3.